The summed E-state index contributed by atoms with van der Waals surface area (Å²) < 4.78 is 74.4. The van der Waals surface area contributed by atoms with Crippen LogP contribution in [-0.2, 0) is 0 Å². The summed E-state index contributed by atoms with van der Waals surface area (Å²) in [6.45, 7) is 0.582. The maximum Gasteiger partial charge on any atom is 0.393 e. The lowest BCUT2D eigenvalue weighted by atomic mass is 9.90. The number of hydrogen-bond donors (Lipinski definition) is 0. The SMILES string of the molecule is CC1[C@H](C(F)(F)F)[C@H](C(F)(F)F)CN1C. The van der Waals surface area contributed by atoms with Crippen LogP contribution in [-0.4, -0.2) is 36.9 Å². The molecule has 0 spiro atoms. The van der Waals surface area contributed by atoms with Crippen molar-refractivity contribution in [3.63, 3.8) is 0 Å². The van der Waals surface area contributed by atoms with Crippen molar-refractivity contribution in [3.05, 3.63) is 0 Å². The molecule has 0 aliphatic carbocycles. The summed E-state index contributed by atoms with van der Waals surface area (Å²) >= 11 is 0. The van der Waals surface area contributed by atoms with Gasteiger partial charge in [-0.15, -0.1) is 0 Å². The van der Waals surface area contributed by atoms with Gasteiger partial charge in [-0.05, 0) is 14.0 Å². The molecule has 1 aliphatic rings. The Morgan fingerprint density at radius 2 is 1.47 bits per heavy atom. The number of hydrogen-bond acceptors (Lipinski definition) is 1. The highest BCUT2D eigenvalue weighted by atomic mass is 19.4. The van der Waals surface area contributed by atoms with E-state index in [0.717, 1.165) is 4.90 Å². The van der Waals surface area contributed by atoms with E-state index in [9.17, 15) is 26.3 Å². The largest absolute Gasteiger partial charge is 0.393 e. The van der Waals surface area contributed by atoms with Crippen LogP contribution in [0.3, 0.4) is 0 Å². The van der Waals surface area contributed by atoms with Crippen LogP contribution in [0.5, 0.6) is 0 Å². The lowest BCUT2D eigenvalue weighted by Crippen LogP contribution is -2.40. The molecule has 0 aromatic heterocycles. The van der Waals surface area contributed by atoms with E-state index in [4.69, 9.17) is 0 Å². The summed E-state index contributed by atoms with van der Waals surface area (Å²) in [5.74, 6) is -4.62. The van der Waals surface area contributed by atoms with E-state index in [1.54, 1.807) is 0 Å². The van der Waals surface area contributed by atoms with Crippen LogP contribution in [0.25, 0.3) is 0 Å². The van der Waals surface area contributed by atoms with Crippen molar-refractivity contribution in [3.8, 4) is 0 Å². The Bertz CT molecular complexity index is 232. The fourth-order valence-corrected chi connectivity index (χ4v) is 2.01. The fourth-order valence-electron chi connectivity index (χ4n) is 2.01. The Balaban J connectivity index is 2.98. The van der Waals surface area contributed by atoms with Crippen LogP contribution in [0, 0.1) is 11.8 Å². The van der Waals surface area contributed by atoms with Gasteiger partial charge in [-0.25, -0.2) is 0 Å². The molecule has 1 rings (SSSR count). The zero-order chi connectivity index (χ0) is 12.0. The number of rotatable bonds is 0. The van der Waals surface area contributed by atoms with Crippen LogP contribution in [0.2, 0.25) is 0 Å². The van der Waals surface area contributed by atoms with E-state index >= 15 is 0 Å². The highest BCUT2D eigenvalue weighted by Crippen LogP contribution is 2.47. The standard InChI is InChI=1S/C8H11F6N/c1-4-6(8(12,13)14)5(3-15(4)2)7(9,10)11/h4-6H,3H2,1-2H3/t4?,5-,6+/m1/s1. The third kappa shape index (κ3) is 2.38. The van der Waals surface area contributed by atoms with Crippen LogP contribution >= 0.6 is 0 Å². The first-order chi connectivity index (χ1) is 6.55. The van der Waals surface area contributed by atoms with E-state index in [0.29, 0.717) is 0 Å². The Kier molecular flexibility index (Phi) is 2.97. The average molecular weight is 235 g/mol. The van der Waals surface area contributed by atoms with Crippen LogP contribution in [0.4, 0.5) is 26.3 Å². The molecule has 1 aliphatic heterocycles. The number of alkyl halides is 6. The lowest BCUT2D eigenvalue weighted by Gasteiger charge is -2.26. The second-order valence-corrected chi connectivity index (χ2v) is 3.90. The first-order valence-electron chi connectivity index (χ1n) is 4.39. The minimum Gasteiger partial charge on any atom is -0.302 e. The Morgan fingerprint density at radius 1 is 1.00 bits per heavy atom. The summed E-state index contributed by atoms with van der Waals surface area (Å²) in [7, 11) is 1.27. The van der Waals surface area contributed by atoms with Crippen molar-refractivity contribution in [2.45, 2.75) is 25.3 Å². The first kappa shape index (κ1) is 12.6. The van der Waals surface area contributed by atoms with Gasteiger partial charge in [0.15, 0.2) is 0 Å². The quantitative estimate of drug-likeness (QED) is 0.583. The van der Waals surface area contributed by atoms with Crippen molar-refractivity contribution in [2.75, 3.05) is 13.6 Å². The number of likely N-dealkylation sites (tertiary alicyclic amines) is 1. The third-order valence-corrected chi connectivity index (χ3v) is 2.93. The molecule has 3 atom stereocenters. The van der Waals surface area contributed by atoms with Gasteiger partial charge < -0.3 is 4.90 Å². The summed E-state index contributed by atoms with van der Waals surface area (Å²) in [4.78, 5) is 1.09. The van der Waals surface area contributed by atoms with Crippen molar-refractivity contribution < 1.29 is 26.3 Å². The van der Waals surface area contributed by atoms with Crippen LogP contribution in [0.15, 0.2) is 0 Å². The van der Waals surface area contributed by atoms with E-state index in [1.807, 2.05) is 0 Å². The lowest BCUT2D eigenvalue weighted by molar-refractivity contribution is -0.244. The minimum absolute atomic E-state index is 0.588. The molecule has 0 radical (unpaired) electrons. The maximum atomic E-state index is 12.4. The maximum absolute atomic E-state index is 12.4. The molecule has 1 saturated heterocycles. The molecule has 0 N–H and O–H groups in total. The predicted octanol–water partition coefficient (Wildman–Crippen LogP) is 2.68. The molecule has 0 amide bonds. The van der Waals surface area contributed by atoms with Crippen molar-refractivity contribution in [1.29, 1.82) is 0 Å². The summed E-state index contributed by atoms with van der Waals surface area (Å²) in [6.07, 6.45) is -9.59. The molecule has 0 saturated carbocycles. The van der Waals surface area contributed by atoms with Crippen LogP contribution in [0.1, 0.15) is 6.92 Å². The zero-order valence-corrected chi connectivity index (χ0v) is 8.15. The molecule has 1 fully saturated rings. The fraction of sp³-hybridized carbons (Fsp3) is 1.00. The molecule has 0 aromatic rings. The molecule has 7 heteroatoms. The molecule has 1 heterocycles. The molecular weight excluding hydrogens is 224 g/mol. The van der Waals surface area contributed by atoms with Crippen LogP contribution < -0.4 is 0 Å². The van der Waals surface area contributed by atoms with Crippen molar-refractivity contribution in [2.24, 2.45) is 11.8 Å². The normalized spacial score (nSPS) is 34.8. The molecule has 1 nitrogen and oxygen atoms in total. The third-order valence-electron chi connectivity index (χ3n) is 2.93. The summed E-state index contributed by atoms with van der Waals surface area (Å²) in [5, 5.41) is 0. The van der Waals surface area contributed by atoms with Gasteiger partial charge in [0, 0.05) is 12.6 Å². The highest BCUT2D eigenvalue weighted by molar-refractivity contribution is 4.95. The number of halogens is 6. The predicted molar refractivity (Wildman–Crippen MR) is 41.2 cm³/mol. The minimum atomic E-state index is -4.80. The average Bonchev–Trinajstić information content (AvgIpc) is 2.25. The summed E-state index contributed by atoms with van der Waals surface area (Å²) in [5.41, 5.74) is 0. The second-order valence-electron chi connectivity index (χ2n) is 3.90. The molecule has 0 aromatic carbocycles. The van der Waals surface area contributed by atoms with Crippen molar-refractivity contribution in [1.82, 2.24) is 4.90 Å². The zero-order valence-electron chi connectivity index (χ0n) is 8.15. The van der Waals surface area contributed by atoms with Gasteiger partial charge in [0.1, 0.15) is 0 Å². The Hall–Kier alpha value is -0.460. The molecule has 1 unspecified atom stereocenters. The van der Waals surface area contributed by atoms with Gasteiger partial charge in [0.25, 0.3) is 0 Å². The smallest absolute Gasteiger partial charge is 0.302 e. The van der Waals surface area contributed by atoms with Gasteiger partial charge in [-0.1, -0.05) is 0 Å². The van der Waals surface area contributed by atoms with Gasteiger partial charge >= 0.3 is 12.4 Å². The summed E-state index contributed by atoms with van der Waals surface area (Å²) in [6, 6.07) is -1.13. The molecule has 0 bridgehead atoms. The van der Waals surface area contributed by atoms with Gasteiger partial charge in [0.05, 0.1) is 11.8 Å². The van der Waals surface area contributed by atoms with E-state index in [1.165, 1.54) is 14.0 Å². The first-order valence-corrected chi connectivity index (χ1v) is 4.39. The van der Waals surface area contributed by atoms with E-state index < -0.39 is 36.8 Å². The molecule has 90 valence electrons. The van der Waals surface area contributed by atoms with Gasteiger partial charge in [0.2, 0.25) is 0 Å². The molecule has 15 heavy (non-hydrogen) atoms. The number of nitrogens with zero attached hydrogens (tertiary/aromatic N) is 1. The highest BCUT2D eigenvalue weighted by Gasteiger charge is 2.61. The monoisotopic (exact) mass is 235 g/mol. The molecular formula is C8H11F6N. The van der Waals surface area contributed by atoms with E-state index in [-0.39, 0.29) is 0 Å². The Morgan fingerprint density at radius 3 is 1.73 bits per heavy atom. The Labute approximate surface area is 83.0 Å². The van der Waals surface area contributed by atoms with Crippen molar-refractivity contribution >= 4 is 0 Å². The van der Waals surface area contributed by atoms with Gasteiger partial charge in [-0.3, -0.25) is 0 Å². The topological polar surface area (TPSA) is 3.24 Å². The van der Waals surface area contributed by atoms with E-state index in [2.05, 4.69) is 0 Å². The second kappa shape index (κ2) is 3.54. The van der Waals surface area contributed by atoms with Gasteiger partial charge in [-0.2, -0.15) is 26.3 Å².